The van der Waals surface area contributed by atoms with E-state index in [1.807, 2.05) is 19.9 Å². The number of hydrogen-bond acceptors (Lipinski definition) is 3. The first kappa shape index (κ1) is 19.8. The number of benzene rings is 2. The summed E-state index contributed by atoms with van der Waals surface area (Å²) < 4.78 is 23.4. The van der Waals surface area contributed by atoms with Gasteiger partial charge in [0.15, 0.2) is 9.84 Å². The first-order valence-electron chi connectivity index (χ1n) is 7.64. The maximum atomic E-state index is 12.9. The van der Waals surface area contributed by atoms with Gasteiger partial charge in [-0.15, -0.1) is 0 Å². The number of sulfone groups is 1. The van der Waals surface area contributed by atoms with Gasteiger partial charge in [-0.1, -0.05) is 35.3 Å². The molecule has 0 heterocycles. The standard InChI is InChI=1S/C18H19Cl2NO3S/c1-12(2)21(11-13-7-8-16(19)17(20)9-13)18(22)14-5-4-6-15(10-14)25(3,23)24/h4-10,12H,11H2,1-3H3. The predicted molar refractivity (Wildman–Crippen MR) is 101 cm³/mol. The Morgan fingerprint density at radius 1 is 1.08 bits per heavy atom. The van der Waals surface area contributed by atoms with Gasteiger partial charge in [0.2, 0.25) is 0 Å². The topological polar surface area (TPSA) is 54.5 Å². The zero-order valence-electron chi connectivity index (χ0n) is 14.2. The molecule has 0 fully saturated rings. The van der Waals surface area contributed by atoms with Crippen LogP contribution in [-0.2, 0) is 16.4 Å². The molecule has 0 radical (unpaired) electrons. The SMILES string of the molecule is CC(C)N(Cc1ccc(Cl)c(Cl)c1)C(=O)c1cccc(S(C)(=O)=O)c1. The fourth-order valence-corrected chi connectivity index (χ4v) is 3.34. The van der Waals surface area contributed by atoms with E-state index in [1.54, 1.807) is 29.2 Å². The van der Waals surface area contributed by atoms with Crippen molar-refractivity contribution in [1.82, 2.24) is 4.90 Å². The summed E-state index contributed by atoms with van der Waals surface area (Å²) in [5.74, 6) is -0.244. The van der Waals surface area contributed by atoms with Crippen LogP contribution in [0, 0.1) is 0 Å². The molecule has 2 rings (SSSR count). The van der Waals surface area contributed by atoms with E-state index >= 15 is 0 Å². The molecule has 0 spiro atoms. The Kier molecular flexibility index (Phi) is 6.14. The van der Waals surface area contributed by atoms with Gasteiger partial charge in [-0.2, -0.15) is 0 Å². The van der Waals surface area contributed by atoms with Gasteiger partial charge in [-0.25, -0.2) is 8.42 Å². The van der Waals surface area contributed by atoms with Gasteiger partial charge >= 0.3 is 0 Å². The summed E-state index contributed by atoms with van der Waals surface area (Å²) in [6.45, 7) is 4.14. The van der Waals surface area contributed by atoms with Crippen molar-refractivity contribution in [2.45, 2.75) is 31.3 Å². The largest absolute Gasteiger partial charge is 0.332 e. The van der Waals surface area contributed by atoms with Gasteiger partial charge in [0.1, 0.15) is 0 Å². The average molecular weight is 400 g/mol. The Bertz CT molecular complexity index is 895. The van der Waals surface area contributed by atoms with Crippen molar-refractivity contribution < 1.29 is 13.2 Å². The minimum atomic E-state index is -3.38. The van der Waals surface area contributed by atoms with Gasteiger partial charge in [0.05, 0.1) is 14.9 Å². The van der Waals surface area contributed by atoms with Crippen LogP contribution >= 0.6 is 23.2 Å². The van der Waals surface area contributed by atoms with Gasteiger partial charge < -0.3 is 4.90 Å². The smallest absolute Gasteiger partial charge is 0.254 e. The monoisotopic (exact) mass is 399 g/mol. The molecular formula is C18H19Cl2NO3S. The predicted octanol–water partition coefficient (Wildman–Crippen LogP) is 4.45. The van der Waals surface area contributed by atoms with E-state index < -0.39 is 9.84 Å². The highest BCUT2D eigenvalue weighted by Crippen LogP contribution is 2.24. The van der Waals surface area contributed by atoms with Crippen molar-refractivity contribution >= 4 is 38.9 Å². The number of nitrogens with zero attached hydrogens (tertiary/aromatic N) is 1. The molecule has 4 nitrogen and oxygen atoms in total. The molecule has 0 atom stereocenters. The van der Waals surface area contributed by atoms with E-state index in [9.17, 15) is 13.2 Å². The second-order valence-corrected chi connectivity index (χ2v) is 8.91. The third-order valence-electron chi connectivity index (χ3n) is 3.73. The Labute approximate surface area is 158 Å². The summed E-state index contributed by atoms with van der Waals surface area (Å²) in [5, 5.41) is 0.878. The minimum Gasteiger partial charge on any atom is -0.332 e. The lowest BCUT2D eigenvalue weighted by Crippen LogP contribution is -2.36. The molecule has 0 aliphatic heterocycles. The summed E-state index contributed by atoms with van der Waals surface area (Å²) in [4.78, 5) is 14.7. The lowest BCUT2D eigenvalue weighted by Gasteiger charge is -2.27. The molecule has 134 valence electrons. The second kappa shape index (κ2) is 7.77. The molecule has 25 heavy (non-hydrogen) atoms. The van der Waals surface area contributed by atoms with Crippen LogP contribution in [0.4, 0.5) is 0 Å². The summed E-state index contributed by atoms with van der Waals surface area (Å²) in [6.07, 6.45) is 1.12. The van der Waals surface area contributed by atoms with E-state index in [2.05, 4.69) is 0 Å². The number of rotatable bonds is 5. The van der Waals surface area contributed by atoms with Crippen LogP contribution in [0.5, 0.6) is 0 Å². The normalized spacial score (nSPS) is 11.6. The van der Waals surface area contributed by atoms with E-state index in [-0.39, 0.29) is 16.8 Å². The summed E-state index contributed by atoms with van der Waals surface area (Å²) in [6, 6.07) is 11.2. The molecule has 0 bridgehead atoms. The number of carbonyl (C=O) groups excluding carboxylic acids is 1. The first-order chi connectivity index (χ1) is 11.6. The fraction of sp³-hybridized carbons (Fsp3) is 0.278. The molecule has 1 amide bonds. The molecule has 2 aromatic carbocycles. The molecule has 0 unspecified atom stereocenters. The van der Waals surface area contributed by atoms with Crippen molar-refractivity contribution in [2.75, 3.05) is 6.26 Å². The van der Waals surface area contributed by atoms with Crippen LogP contribution in [0.15, 0.2) is 47.4 Å². The highest BCUT2D eigenvalue weighted by atomic mass is 35.5. The zero-order chi connectivity index (χ0) is 18.8. The quantitative estimate of drug-likeness (QED) is 0.745. The Balaban J connectivity index is 2.34. The fourth-order valence-electron chi connectivity index (χ4n) is 2.35. The van der Waals surface area contributed by atoms with Crippen molar-refractivity contribution in [2.24, 2.45) is 0 Å². The van der Waals surface area contributed by atoms with Gasteiger partial charge in [-0.3, -0.25) is 4.79 Å². The molecule has 0 saturated heterocycles. The highest BCUT2D eigenvalue weighted by molar-refractivity contribution is 7.90. The molecule has 0 aliphatic carbocycles. The summed E-state index contributed by atoms with van der Waals surface area (Å²) >= 11 is 12.0. The number of hydrogen-bond donors (Lipinski definition) is 0. The Hall–Kier alpha value is -1.56. The second-order valence-electron chi connectivity index (χ2n) is 6.08. The van der Waals surface area contributed by atoms with E-state index in [0.29, 0.717) is 22.2 Å². The van der Waals surface area contributed by atoms with Crippen molar-refractivity contribution in [3.05, 3.63) is 63.6 Å². The Morgan fingerprint density at radius 3 is 2.32 bits per heavy atom. The third kappa shape index (κ3) is 4.97. The lowest BCUT2D eigenvalue weighted by atomic mass is 10.1. The molecule has 2 aromatic rings. The van der Waals surface area contributed by atoms with E-state index in [0.717, 1.165) is 11.8 Å². The van der Waals surface area contributed by atoms with Gasteiger partial charge in [0.25, 0.3) is 5.91 Å². The zero-order valence-corrected chi connectivity index (χ0v) is 16.5. The van der Waals surface area contributed by atoms with Gasteiger partial charge in [0, 0.05) is 24.4 Å². The highest BCUT2D eigenvalue weighted by Gasteiger charge is 2.21. The van der Waals surface area contributed by atoms with Crippen molar-refractivity contribution in [3.8, 4) is 0 Å². The van der Waals surface area contributed by atoms with Crippen LogP contribution in [-0.4, -0.2) is 31.5 Å². The van der Waals surface area contributed by atoms with Crippen LogP contribution in [0.1, 0.15) is 29.8 Å². The third-order valence-corrected chi connectivity index (χ3v) is 5.58. The van der Waals surface area contributed by atoms with Crippen LogP contribution < -0.4 is 0 Å². The minimum absolute atomic E-state index is 0.0798. The van der Waals surface area contributed by atoms with E-state index in [1.165, 1.54) is 12.1 Å². The summed E-state index contributed by atoms with van der Waals surface area (Å²) in [7, 11) is -3.38. The lowest BCUT2D eigenvalue weighted by molar-refractivity contribution is 0.0690. The first-order valence-corrected chi connectivity index (χ1v) is 10.3. The molecule has 7 heteroatoms. The molecule has 0 N–H and O–H groups in total. The van der Waals surface area contributed by atoms with Crippen LogP contribution in [0.25, 0.3) is 0 Å². The maximum absolute atomic E-state index is 12.9. The Morgan fingerprint density at radius 2 is 1.76 bits per heavy atom. The molecule has 0 aromatic heterocycles. The van der Waals surface area contributed by atoms with Crippen molar-refractivity contribution in [1.29, 1.82) is 0 Å². The van der Waals surface area contributed by atoms with E-state index in [4.69, 9.17) is 23.2 Å². The molecule has 0 saturated carbocycles. The van der Waals surface area contributed by atoms with Crippen LogP contribution in [0.3, 0.4) is 0 Å². The van der Waals surface area contributed by atoms with Gasteiger partial charge in [-0.05, 0) is 49.7 Å². The number of carbonyl (C=O) groups is 1. The number of halogens is 2. The molecular weight excluding hydrogens is 381 g/mol. The average Bonchev–Trinajstić information content (AvgIpc) is 2.54. The van der Waals surface area contributed by atoms with Crippen LogP contribution in [0.2, 0.25) is 10.0 Å². The van der Waals surface area contributed by atoms with Crippen molar-refractivity contribution in [3.63, 3.8) is 0 Å². The summed E-state index contributed by atoms with van der Waals surface area (Å²) in [5.41, 5.74) is 1.17. The number of amides is 1. The molecule has 0 aliphatic rings. The maximum Gasteiger partial charge on any atom is 0.254 e.